The van der Waals surface area contributed by atoms with Gasteiger partial charge in [-0.05, 0) is 29.9 Å². The summed E-state index contributed by atoms with van der Waals surface area (Å²) in [7, 11) is 1.50. The number of ether oxygens (including phenoxy) is 1. The van der Waals surface area contributed by atoms with Crippen LogP contribution in [0.4, 0.5) is 0 Å². The summed E-state index contributed by atoms with van der Waals surface area (Å²) < 4.78 is 5.12. The van der Waals surface area contributed by atoms with E-state index < -0.39 is 0 Å². The predicted octanol–water partition coefficient (Wildman–Crippen LogP) is 4.28. The molecule has 2 aromatic rings. The van der Waals surface area contributed by atoms with Gasteiger partial charge in [-0.1, -0.05) is 67.6 Å². The topological polar surface area (TPSA) is 29.5 Å². The van der Waals surface area contributed by atoms with Crippen LogP contribution in [0.5, 0.6) is 0 Å². The van der Waals surface area contributed by atoms with E-state index in [9.17, 15) is 4.79 Å². The number of carbonyl (C=O) groups is 1. The quantitative estimate of drug-likeness (QED) is 0.737. The molecule has 0 spiro atoms. The highest BCUT2D eigenvalue weighted by Crippen LogP contribution is 2.37. The minimum absolute atomic E-state index is 0.0441. The van der Waals surface area contributed by atoms with Crippen molar-refractivity contribution in [2.75, 3.05) is 7.11 Å². The van der Waals surface area contributed by atoms with Crippen molar-refractivity contribution in [2.24, 2.45) is 11.8 Å². The van der Waals surface area contributed by atoms with Crippen LogP contribution in [0.1, 0.15) is 30.9 Å². The first-order valence-corrected chi connectivity index (χ1v) is 9.08. The summed E-state index contributed by atoms with van der Waals surface area (Å²) >= 11 is 0. The van der Waals surface area contributed by atoms with E-state index in [0.717, 1.165) is 25.9 Å². The second-order valence-electron chi connectivity index (χ2n) is 7.05. The molecule has 0 heterocycles. The fraction of sp³-hybridized carbons (Fsp3) is 0.409. The molecule has 3 rings (SSSR count). The van der Waals surface area contributed by atoms with Gasteiger partial charge in [0.25, 0.3) is 0 Å². The molecule has 0 amide bonds. The van der Waals surface area contributed by atoms with Gasteiger partial charge in [0.1, 0.15) is 0 Å². The van der Waals surface area contributed by atoms with Gasteiger partial charge in [-0.25, -0.2) is 0 Å². The molecule has 0 radical (unpaired) electrons. The molecule has 0 N–H and O–H groups in total. The molecule has 0 unspecified atom stereocenters. The van der Waals surface area contributed by atoms with Crippen LogP contribution in [0.2, 0.25) is 0 Å². The number of carbonyl (C=O) groups excluding carboxylic acids is 1. The Bertz CT molecular complexity index is 629. The molecule has 0 bridgehead atoms. The number of hydrogen-bond acceptors (Lipinski definition) is 3. The van der Waals surface area contributed by atoms with Crippen LogP contribution in [-0.2, 0) is 22.6 Å². The van der Waals surface area contributed by atoms with Crippen LogP contribution < -0.4 is 0 Å². The van der Waals surface area contributed by atoms with Gasteiger partial charge < -0.3 is 4.74 Å². The van der Waals surface area contributed by atoms with E-state index in [-0.39, 0.29) is 17.9 Å². The average molecular weight is 337 g/mol. The molecule has 0 saturated heterocycles. The van der Waals surface area contributed by atoms with Gasteiger partial charge in [-0.3, -0.25) is 9.69 Å². The van der Waals surface area contributed by atoms with Gasteiger partial charge in [0.2, 0.25) is 0 Å². The predicted molar refractivity (Wildman–Crippen MR) is 99.8 cm³/mol. The maximum Gasteiger partial charge on any atom is 0.310 e. The zero-order valence-corrected chi connectivity index (χ0v) is 15.1. The van der Waals surface area contributed by atoms with Crippen molar-refractivity contribution in [2.45, 2.75) is 38.9 Å². The summed E-state index contributed by atoms with van der Waals surface area (Å²) in [5.41, 5.74) is 2.56. The summed E-state index contributed by atoms with van der Waals surface area (Å²) in [4.78, 5) is 14.8. The van der Waals surface area contributed by atoms with Crippen LogP contribution >= 0.6 is 0 Å². The van der Waals surface area contributed by atoms with E-state index in [1.54, 1.807) is 0 Å². The molecule has 0 aromatic heterocycles. The molecule has 3 heteroatoms. The lowest BCUT2D eigenvalue weighted by atomic mass is 9.93. The Labute approximate surface area is 150 Å². The first-order valence-electron chi connectivity index (χ1n) is 9.08. The molecule has 1 saturated carbocycles. The van der Waals surface area contributed by atoms with Crippen molar-refractivity contribution < 1.29 is 9.53 Å². The van der Waals surface area contributed by atoms with Crippen molar-refractivity contribution in [3.63, 3.8) is 0 Å². The van der Waals surface area contributed by atoms with Crippen molar-refractivity contribution in [1.82, 2.24) is 4.90 Å². The molecular weight excluding hydrogens is 310 g/mol. The summed E-state index contributed by atoms with van der Waals surface area (Å²) in [6, 6.07) is 21.2. The Morgan fingerprint density at radius 1 is 0.960 bits per heavy atom. The fourth-order valence-electron chi connectivity index (χ4n) is 4.03. The summed E-state index contributed by atoms with van der Waals surface area (Å²) in [6.07, 6.45) is 2.12. The molecule has 2 aromatic carbocycles. The lowest BCUT2D eigenvalue weighted by molar-refractivity contribution is -0.148. The molecular formula is C22H27NO2. The van der Waals surface area contributed by atoms with Crippen LogP contribution in [-0.4, -0.2) is 24.0 Å². The molecule has 25 heavy (non-hydrogen) atoms. The number of hydrogen-bond donors (Lipinski definition) is 0. The first-order chi connectivity index (χ1) is 12.2. The van der Waals surface area contributed by atoms with E-state index in [2.05, 4.69) is 60.4 Å². The fourth-order valence-corrected chi connectivity index (χ4v) is 4.03. The van der Waals surface area contributed by atoms with Crippen molar-refractivity contribution in [3.8, 4) is 0 Å². The van der Waals surface area contributed by atoms with E-state index in [1.807, 2.05) is 12.1 Å². The van der Waals surface area contributed by atoms with Crippen LogP contribution in [0.15, 0.2) is 60.7 Å². The monoisotopic (exact) mass is 337 g/mol. The molecule has 1 aliphatic carbocycles. The van der Waals surface area contributed by atoms with Crippen molar-refractivity contribution in [1.29, 1.82) is 0 Å². The Balaban J connectivity index is 1.85. The van der Waals surface area contributed by atoms with Gasteiger partial charge in [-0.15, -0.1) is 0 Å². The number of benzene rings is 2. The third kappa shape index (κ3) is 4.29. The Kier molecular flexibility index (Phi) is 5.87. The number of methoxy groups -OCH3 is 1. The standard InChI is InChI=1S/C22H27NO2/c1-17-13-14-20(21(17)22(24)25-2)23(15-18-9-5-3-6-10-18)16-19-11-7-4-8-12-19/h3-12,17,20-21H,13-16H2,1-2H3/t17-,20-,21+/m0/s1. The minimum atomic E-state index is -0.0684. The highest BCUT2D eigenvalue weighted by molar-refractivity contribution is 5.74. The van der Waals surface area contributed by atoms with Crippen LogP contribution in [0, 0.1) is 11.8 Å². The van der Waals surface area contributed by atoms with Crippen molar-refractivity contribution >= 4 is 5.97 Å². The number of rotatable bonds is 6. The van der Waals surface area contributed by atoms with Gasteiger partial charge in [0.05, 0.1) is 13.0 Å². The molecule has 1 fully saturated rings. The van der Waals surface area contributed by atoms with Crippen LogP contribution in [0.3, 0.4) is 0 Å². The summed E-state index contributed by atoms with van der Waals surface area (Å²) in [5, 5.41) is 0. The molecule has 3 nitrogen and oxygen atoms in total. The van der Waals surface area contributed by atoms with Gasteiger partial charge in [0.15, 0.2) is 0 Å². The van der Waals surface area contributed by atoms with E-state index in [0.29, 0.717) is 5.92 Å². The Morgan fingerprint density at radius 2 is 1.48 bits per heavy atom. The average Bonchev–Trinajstić information content (AvgIpc) is 3.04. The minimum Gasteiger partial charge on any atom is -0.469 e. The van der Waals surface area contributed by atoms with Crippen LogP contribution in [0.25, 0.3) is 0 Å². The highest BCUT2D eigenvalue weighted by atomic mass is 16.5. The Hall–Kier alpha value is -2.13. The zero-order valence-electron chi connectivity index (χ0n) is 15.1. The normalized spacial score (nSPS) is 22.9. The number of esters is 1. The second kappa shape index (κ2) is 8.30. The first kappa shape index (κ1) is 17.7. The lowest BCUT2D eigenvalue weighted by Crippen LogP contribution is -2.41. The number of nitrogens with zero attached hydrogens (tertiary/aromatic N) is 1. The third-order valence-electron chi connectivity index (χ3n) is 5.34. The SMILES string of the molecule is COC(=O)[C@@H]1[C@@H](C)CC[C@@H]1N(Cc1ccccc1)Cc1ccccc1. The lowest BCUT2D eigenvalue weighted by Gasteiger charge is -2.33. The van der Waals surface area contributed by atoms with Gasteiger partial charge >= 0.3 is 5.97 Å². The van der Waals surface area contributed by atoms with Gasteiger partial charge in [-0.2, -0.15) is 0 Å². The van der Waals surface area contributed by atoms with Gasteiger partial charge in [0, 0.05) is 19.1 Å². The molecule has 1 aliphatic rings. The molecule has 132 valence electrons. The largest absolute Gasteiger partial charge is 0.469 e. The highest BCUT2D eigenvalue weighted by Gasteiger charge is 2.42. The second-order valence-corrected chi connectivity index (χ2v) is 7.05. The van der Waals surface area contributed by atoms with E-state index >= 15 is 0 Å². The van der Waals surface area contributed by atoms with E-state index in [1.165, 1.54) is 18.2 Å². The maximum absolute atomic E-state index is 12.4. The van der Waals surface area contributed by atoms with Crippen molar-refractivity contribution in [3.05, 3.63) is 71.8 Å². The smallest absolute Gasteiger partial charge is 0.310 e. The summed E-state index contributed by atoms with van der Waals surface area (Å²) in [6.45, 7) is 3.87. The van der Waals surface area contributed by atoms with E-state index in [4.69, 9.17) is 4.74 Å². The molecule has 3 atom stereocenters. The Morgan fingerprint density at radius 3 is 1.96 bits per heavy atom. The third-order valence-corrected chi connectivity index (χ3v) is 5.34. The maximum atomic E-state index is 12.4. The molecule has 0 aliphatic heterocycles. The zero-order chi connectivity index (χ0) is 17.6. The summed E-state index contributed by atoms with van der Waals surface area (Å²) in [5.74, 6) is 0.255.